The Morgan fingerprint density at radius 1 is 1.26 bits per heavy atom. The molecule has 1 unspecified atom stereocenters. The summed E-state index contributed by atoms with van der Waals surface area (Å²) in [5, 5.41) is 0. The van der Waals surface area contributed by atoms with Gasteiger partial charge in [0.1, 0.15) is 12.0 Å². The van der Waals surface area contributed by atoms with Gasteiger partial charge in [-0.25, -0.2) is 4.39 Å². The first-order chi connectivity index (χ1) is 11.2. The molecule has 2 aliphatic heterocycles. The predicted octanol–water partition coefficient (Wildman–Crippen LogP) is 4.02. The first kappa shape index (κ1) is 14.0. The van der Waals surface area contributed by atoms with Gasteiger partial charge < -0.3 is 14.4 Å². The smallest absolute Gasteiger partial charge is 0.170 e. The summed E-state index contributed by atoms with van der Waals surface area (Å²) in [5.74, 6) is 0.538. The third-order valence-electron chi connectivity index (χ3n) is 4.58. The summed E-state index contributed by atoms with van der Waals surface area (Å²) in [5.41, 5.74) is 3.31. The van der Waals surface area contributed by atoms with Crippen LogP contribution in [0.2, 0.25) is 0 Å². The number of ether oxygens (including phenoxy) is 1. The highest BCUT2D eigenvalue weighted by Gasteiger charge is 2.26. The third kappa shape index (κ3) is 2.22. The van der Waals surface area contributed by atoms with E-state index in [0.717, 1.165) is 36.1 Å². The molecule has 0 spiro atoms. The molecule has 0 saturated carbocycles. The van der Waals surface area contributed by atoms with Crippen LogP contribution >= 0.6 is 0 Å². The van der Waals surface area contributed by atoms with Crippen molar-refractivity contribution in [3.05, 3.63) is 59.9 Å². The van der Waals surface area contributed by atoms with Crippen molar-refractivity contribution in [1.82, 2.24) is 0 Å². The second-order valence-corrected chi connectivity index (χ2v) is 6.01. The van der Waals surface area contributed by atoms with Crippen LogP contribution in [-0.2, 0) is 4.79 Å². The SMILES string of the molecule is C=C1c2ccc(N3CCC(C=O)C3)cc2Oc2c(F)cccc21. The van der Waals surface area contributed by atoms with Crippen LogP contribution in [-0.4, -0.2) is 19.4 Å². The first-order valence-electron chi connectivity index (χ1n) is 7.67. The van der Waals surface area contributed by atoms with E-state index in [9.17, 15) is 9.18 Å². The Morgan fingerprint density at radius 2 is 2.13 bits per heavy atom. The molecule has 4 rings (SSSR count). The number of halogens is 1. The van der Waals surface area contributed by atoms with E-state index < -0.39 is 0 Å². The molecule has 0 N–H and O–H groups in total. The molecule has 0 aliphatic carbocycles. The molecule has 116 valence electrons. The highest BCUT2D eigenvalue weighted by molar-refractivity contribution is 5.87. The van der Waals surface area contributed by atoms with Crippen molar-refractivity contribution >= 4 is 17.5 Å². The summed E-state index contributed by atoms with van der Waals surface area (Å²) >= 11 is 0. The Bertz CT molecular complexity index is 815. The molecule has 23 heavy (non-hydrogen) atoms. The molecule has 0 bridgehead atoms. The molecule has 1 atom stereocenters. The maximum atomic E-state index is 14.0. The number of aldehydes is 1. The van der Waals surface area contributed by atoms with Crippen molar-refractivity contribution in [2.24, 2.45) is 5.92 Å². The lowest BCUT2D eigenvalue weighted by Crippen LogP contribution is -2.20. The van der Waals surface area contributed by atoms with Crippen molar-refractivity contribution in [1.29, 1.82) is 0 Å². The largest absolute Gasteiger partial charge is 0.453 e. The summed E-state index contributed by atoms with van der Waals surface area (Å²) in [6, 6.07) is 10.7. The van der Waals surface area contributed by atoms with Crippen molar-refractivity contribution in [3.63, 3.8) is 0 Å². The summed E-state index contributed by atoms with van der Waals surface area (Å²) < 4.78 is 19.8. The van der Waals surface area contributed by atoms with E-state index >= 15 is 0 Å². The van der Waals surface area contributed by atoms with Gasteiger partial charge in [-0.05, 0) is 30.2 Å². The van der Waals surface area contributed by atoms with Gasteiger partial charge in [0.05, 0.1) is 0 Å². The molecule has 2 heterocycles. The van der Waals surface area contributed by atoms with Crippen LogP contribution in [0, 0.1) is 11.7 Å². The molecular formula is C19H16FNO2. The number of anilines is 1. The molecule has 2 aliphatic rings. The van der Waals surface area contributed by atoms with Gasteiger partial charge >= 0.3 is 0 Å². The number of carbonyl (C=O) groups excluding carboxylic acids is 1. The summed E-state index contributed by atoms with van der Waals surface area (Å²) in [6.07, 6.45) is 1.88. The van der Waals surface area contributed by atoms with Crippen molar-refractivity contribution in [2.45, 2.75) is 6.42 Å². The number of nitrogens with zero attached hydrogens (tertiary/aromatic N) is 1. The normalized spacial score (nSPS) is 19.1. The van der Waals surface area contributed by atoms with Crippen LogP contribution in [0.5, 0.6) is 11.5 Å². The van der Waals surface area contributed by atoms with Crippen LogP contribution in [0.25, 0.3) is 5.57 Å². The Labute approximate surface area is 134 Å². The van der Waals surface area contributed by atoms with Gasteiger partial charge in [-0.3, -0.25) is 0 Å². The molecule has 2 aromatic rings. The number of para-hydroxylation sites is 1. The van der Waals surface area contributed by atoms with E-state index in [1.165, 1.54) is 6.07 Å². The van der Waals surface area contributed by atoms with Crippen molar-refractivity contribution < 1.29 is 13.9 Å². The molecule has 0 amide bonds. The Balaban J connectivity index is 1.71. The third-order valence-corrected chi connectivity index (χ3v) is 4.58. The van der Waals surface area contributed by atoms with E-state index in [2.05, 4.69) is 11.5 Å². The van der Waals surface area contributed by atoms with Crippen LogP contribution in [0.3, 0.4) is 0 Å². The summed E-state index contributed by atoms with van der Waals surface area (Å²) in [7, 11) is 0. The zero-order chi connectivity index (χ0) is 16.0. The quantitative estimate of drug-likeness (QED) is 0.670. The van der Waals surface area contributed by atoms with Crippen LogP contribution in [0.15, 0.2) is 43.0 Å². The molecule has 4 heteroatoms. The highest BCUT2D eigenvalue weighted by atomic mass is 19.1. The van der Waals surface area contributed by atoms with E-state index in [0.29, 0.717) is 17.9 Å². The van der Waals surface area contributed by atoms with Gasteiger partial charge in [0.2, 0.25) is 0 Å². The number of rotatable bonds is 2. The number of fused-ring (bicyclic) bond motifs is 2. The molecule has 3 nitrogen and oxygen atoms in total. The average Bonchev–Trinajstić information content (AvgIpc) is 3.05. The summed E-state index contributed by atoms with van der Waals surface area (Å²) in [6.45, 7) is 5.64. The van der Waals surface area contributed by atoms with Crippen LogP contribution in [0.1, 0.15) is 17.5 Å². The average molecular weight is 309 g/mol. The Kier molecular flexibility index (Phi) is 3.18. The fourth-order valence-electron chi connectivity index (χ4n) is 3.28. The lowest BCUT2D eigenvalue weighted by Gasteiger charge is -2.25. The van der Waals surface area contributed by atoms with Gasteiger partial charge in [0, 0.05) is 41.9 Å². The molecular weight excluding hydrogens is 293 g/mol. The maximum Gasteiger partial charge on any atom is 0.170 e. The molecule has 0 radical (unpaired) electrons. The number of hydrogen-bond acceptors (Lipinski definition) is 3. The second kappa shape index (κ2) is 5.23. The molecule has 1 fully saturated rings. The maximum absolute atomic E-state index is 14.0. The van der Waals surface area contributed by atoms with Crippen molar-refractivity contribution in [2.75, 3.05) is 18.0 Å². The molecule has 0 aromatic heterocycles. The molecule has 2 aromatic carbocycles. The minimum atomic E-state index is -0.387. The van der Waals surface area contributed by atoms with Crippen LogP contribution in [0.4, 0.5) is 10.1 Å². The zero-order valence-electron chi connectivity index (χ0n) is 12.6. The monoisotopic (exact) mass is 309 g/mol. The van der Waals surface area contributed by atoms with Crippen LogP contribution < -0.4 is 9.64 Å². The lowest BCUT2D eigenvalue weighted by molar-refractivity contribution is -0.110. The zero-order valence-corrected chi connectivity index (χ0v) is 12.6. The minimum Gasteiger partial charge on any atom is -0.453 e. The number of carbonyl (C=O) groups is 1. The summed E-state index contributed by atoms with van der Waals surface area (Å²) in [4.78, 5) is 13.1. The first-order valence-corrected chi connectivity index (χ1v) is 7.67. The van der Waals surface area contributed by atoms with Gasteiger partial charge in [0.15, 0.2) is 11.6 Å². The van der Waals surface area contributed by atoms with E-state index in [4.69, 9.17) is 4.74 Å². The molecule has 1 saturated heterocycles. The van der Waals surface area contributed by atoms with Crippen molar-refractivity contribution in [3.8, 4) is 11.5 Å². The number of benzene rings is 2. The topological polar surface area (TPSA) is 29.5 Å². The van der Waals surface area contributed by atoms with Gasteiger partial charge in [0.25, 0.3) is 0 Å². The van der Waals surface area contributed by atoms with Gasteiger partial charge in [-0.15, -0.1) is 0 Å². The Hall–Kier alpha value is -2.62. The Morgan fingerprint density at radius 3 is 2.91 bits per heavy atom. The predicted molar refractivity (Wildman–Crippen MR) is 87.4 cm³/mol. The fraction of sp³-hybridized carbons (Fsp3) is 0.211. The highest BCUT2D eigenvalue weighted by Crippen LogP contribution is 2.45. The van der Waals surface area contributed by atoms with E-state index in [1.54, 1.807) is 6.07 Å². The van der Waals surface area contributed by atoms with Gasteiger partial charge in [-0.1, -0.05) is 18.7 Å². The van der Waals surface area contributed by atoms with Gasteiger partial charge in [-0.2, -0.15) is 0 Å². The minimum absolute atomic E-state index is 0.0834. The van der Waals surface area contributed by atoms with E-state index in [-0.39, 0.29) is 17.5 Å². The number of hydrogen-bond donors (Lipinski definition) is 0. The lowest BCUT2D eigenvalue weighted by atomic mass is 9.95. The fourth-order valence-corrected chi connectivity index (χ4v) is 3.28. The second-order valence-electron chi connectivity index (χ2n) is 6.01. The standard InChI is InChI=1S/C19H16FNO2/c1-12-15-6-5-14(21-8-7-13(10-21)11-22)9-18(15)23-19-16(12)3-2-4-17(19)20/h2-6,9,11,13H,1,7-8,10H2. The van der Waals surface area contributed by atoms with E-state index in [1.807, 2.05) is 24.3 Å².